The van der Waals surface area contributed by atoms with Crippen LogP contribution < -0.4 is 0 Å². The summed E-state index contributed by atoms with van der Waals surface area (Å²) in [4.78, 5) is 15.3. The first-order chi connectivity index (χ1) is 12.9. The second-order valence-electron chi connectivity index (χ2n) is 9.62. The van der Waals surface area contributed by atoms with Crippen LogP contribution in [0.4, 0.5) is 0 Å². The van der Waals surface area contributed by atoms with Crippen LogP contribution in [-0.4, -0.2) is 38.9 Å². The highest BCUT2D eigenvalue weighted by Crippen LogP contribution is 2.50. The fraction of sp³-hybridized carbons (Fsp3) is 0.957. The Balaban J connectivity index is 4.23. The van der Waals surface area contributed by atoms with Crippen LogP contribution in [0.1, 0.15) is 99.3 Å². The van der Waals surface area contributed by atoms with Crippen molar-refractivity contribution in [3.05, 3.63) is 0 Å². The molecule has 0 saturated carbocycles. The molecule has 28 heavy (non-hydrogen) atoms. The third kappa shape index (κ3) is 7.59. The van der Waals surface area contributed by atoms with Crippen LogP contribution >= 0.6 is 0 Å². The Morgan fingerprint density at radius 2 is 1.07 bits per heavy atom. The van der Waals surface area contributed by atoms with E-state index in [1.165, 1.54) is 25.7 Å². The van der Waals surface area contributed by atoms with Gasteiger partial charge in [0, 0.05) is 27.8 Å². The number of unbranched alkanes of at least 4 members (excludes halogenated alkanes) is 6. The van der Waals surface area contributed by atoms with E-state index < -0.39 is 5.97 Å². The van der Waals surface area contributed by atoms with Crippen molar-refractivity contribution in [3.63, 3.8) is 0 Å². The quantitative estimate of drug-likeness (QED) is 0.141. The zero-order chi connectivity index (χ0) is 21.9. The Labute approximate surface area is 173 Å². The van der Waals surface area contributed by atoms with E-state index in [4.69, 9.17) is 14.2 Å². The van der Waals surface area contributed by atoms with Gasteiger partial charge >= 0.3 is 0 Å². The third-order valence-electron chi connectivity index (χ3n) is 7.09. The van der Waals surface area contributed by atoms with Crippen molar-refractivity contribution in [1.82, 2.24) is 0 Å². The average molecular weight is 400 g/mol. The molecule has 0 amide bonds. The second-order valence-corrected chi connectivity index (χ2v) is 9.62. The van der Waals surface area contributed by atoms with Crippen LogP contribution in [-0.2, 0) is 19.0 Å². The normalized spacial score (nSPS) is 15.2. The van der Waals surface area contributed by atoms with Gasteiger partial charge in [-0.2, -0.15) is 4.99 Å². The highest BCUT2D eigenvalue weighted by Gasteiger charge is 2.48. The number of methoxy groups -OCH3 is 3. The number of aliphatic imine (C=N–C) groups is 1. The van der Waals surface area contributed by atoms with Gasteiger partial charge in [0.25, 0.3) is 5.97 Å². The minimum Gasteiger partial charge on any atom is -0.331 e. The average Bonchev–Trinajstić information content (AvgIpc) is 2.63. The zero-order valence-electron chi connectivity index (χ0n) is 19.9. The molecule has 0 aliphatic heterocycles. The van der Waals surface area contributed by atoms with Gasteiger partial charge in [0.15, 0.2) is 0 Å². The van der Waals surface area contributed by atoms with Crippen molar-refractivity contribution in [2.45, 2.75) is 111 Å². The predicted molar refractivity (Wildman–Crippen MR) is 115 cm³/mol. The number of rotatable bonds is 15. The predicted octanol–water partition coefficient (Wildman–Crippen LogP) is 6.26. The summed E-state index contributed by atoms with van der Waals surface area (Å²) in [6, 6.07) is 0. The molecular weight excluding hydrogens is 354 g/mol. The SMILES string of the molecule is COC(CCCCCCCCCC(C)(N=C=O)C(C)(C)C(C)(C)C)(OC)OC. The van der Waals surface area contributed by atoms with E-state index in [1.54, 1.807) is 21.3 Å². The summed E-state index contributed by atoms with van der Waals surface area (Å²) in [7, 11) is 4.82. The topological polar surface area (TPSA) is 57.1 Å². The number of hydrogen-bond acceptors (Lipinski definition) is 5. The van der Waals surface area contributed by atoms with Gasteiger partial charge in [0.2, 0.25) is 6.08 Å². The van der Waals surface area contributed by atoms with Crippen molar-refractivity contribution < 1.29 is 19.0 Å². The molecule has 0 spiro atoms. The van der Waals surface area contributed by atoms with Crippen LogP contribution in [0.25, 0.3) is 0 Å². The van der Waals surface area contributed by atoms with Crippen molar-refractivity contribution in [2.24, 2.45) is 15.8 Å². The molecule has 1 unspecified atom stereocenters. The first-order valence-electron chi connectivity index (χ1n) is 10.7. The molecular formula is C23H45NO4. The minimum absolute atomic E-state index is 0.0595. The van der Waals surface area contributed by atoms with E-state index in [1.807, 2.05) is 6.08 Å². The van der Waals surface area contributed by atoms with Crippen LogP contribution in [0.5, 0.6) is 0 Å². The molecule has 0 aliphatic carbocycles. The standard InChI is InChI=1S/C23H45NO4/c1-20(2,3)21(4,5)22(6,24-19-25)17-15-13-11-10-12-14-16-18-23(26-7,27-8)28-9/h10-18H2,1-9H3. The Hall–Kier alpha value is -0.740. The fourth-order valence-electron chi connectivity index (χ4n) is 3.67. The van der Waals surface area contributed by atoms with Gasteiger partial charge in [-0.15, -0.1) is 0 Å². The molecule has 0 aromatic carbocycles. The van der Waals surface area contributed by atoms with Gasteiger partial charge in [-0.1, -0.05) is 73.1 Å². The van der Waals surface area contributed by atoms with Crippen molar-refractivity contribution in [2.75, 3.05) is 21.3 Å². The summed E-state index contributed by atoms with van der Waals surface area (Å²) in [5, 5.41) is 0. The van der Waals surface area contributed by atoms with E-state index in [2.05, 4.69) is 46.5 Å². The number of carbonyl (C=O) groups excluding carboxylic acids is 1. The smallest absolute Gasteiger partial charge is 0.282 e. The number of ether oxygens (including phenoxy) is 3. The van der Waals surface area contributed by atoms with Gasteiger partial charge in [-0.3, -0.25) is 0 Å². The van der Waals surface area contributed by atoms with Crippen LogP contribution in [0, 0.1) is 10.8 Å². The summed E-state index contributed by atoms with van der Waals surface area (Å²) in [5.74, 6) is -0.899. The summed E-state index contributed by atoms with van der Waals surface area (Å²) in [6.07, 6.45) is 11.5. The molecule has 0 rings (SSSR count). The van der Waals surface area contributed by atoms with E-state index in [0.717, 1.165) is 32.1 Å². The molecule has 0 heterocycles. The first-order valence-corrected chi connectivity index (χ1v) is 10.7. The molecule has 1 atom stereocenters. The lowest BCUT2D eigenvalue weighted by molar-refractivity contribution is -0.355. The van der Waals surface area contributed by atoms with E-state index in [-0.39, 0.29) is 16.4 Å². The molecule has 0 aromatic heterocycles. The summed E-state index contributed by atoms with van der Waals surface area (Å²) < 4.78 is 16.0. The highest BCUT2D eigenvalue weighted by atomic mass is 16.9. The summed E-state index contributed by atoms with van der Waals surface area (Å²) in [5.41, 5.74) is -0.408. The molecule has 0 aliphatic rings. The lowest BCUT2D eigenvalue weighted by Gasteiger charge is -2.49. The van der Waals surface area contributed by atoms with Crippen molar-refractivity contribution >= 4 is 6.08 Å². The number of hydrogen-bond donors (Lipinski definition) is 0. The lowest BCUT2D eigenvalue weighted by Crippen LogP contribution is -2.48. The maximum Gasteiger partial charge on any atom is 0.282 e. The first kappa shape index (κ1) is 27.3. The molecule has 5 heteroatoms. The zero-order valence-corrected chi connectivity index (χ0v) is 19.9. The highest BCUT2D eigenvalue weighted by molar-refractivity contribution is 5.35. The maximum absolute atomic E-state index is 11.0. The van der Waals surface area contributed by atoms with Gasteiger partial charge in [-0.25, -0.2) is 4.79 Å². The van der Waals surface area contributed by atoms with E-state index >= 15 is 0 Å². The Bertz CT molecular complexity index is 465. The Morgan fingerprint density at radius 1 is 0.679 bits per heavy atom. The van der Waals surface area contributed by atoms with E-state index in [9.17, 15) is 4.79 Å². The summed E-state index contributed by atoms with van der Waals surface area (Å²) in [6.45, 7) is 13.2. The van der Waals surface area contributed by atoms with Crippen molar-refractivity contribution in [1.29, 1.82) is 0 Å². The fourth-order valence-corrected chi connectivity index (χ4v) is 3.67. The van der Waals surface area contributed by atoms with Crippen LogP contribution in [0.3, 0.4) is 0 Å². The number of nitrogens with zero attached hydrogens (tertiary/aromatic N) is 1. The molecule has 0 saturated heterocycles. The van der Waals surface area contributed by atoms with Gasteiger partial charge in [0.05, 0.1) is 5.54 Å². The van der Waals surface area contributed by atoms with Crippen molar-refractivity contribution in [3.8, 4) is 0 Å². The summed E-state index contributed by atoms with van der Waals surface area (Å²) >= 11 is 0. The minimum atomic E-state index is -0.899. The molecule has 0 radical (unpaired) electrons. The molecule has 0 N–H and O–H groups in total. The largest absolute Gasteiger partial charge is 0.331 e. The number of isocyanates is 1. The Kier molecular flexibility index (Phi) is 11.8. The third-order valence-corrected chi connectivity index (χ3v) is 7.09. The van der Waals surface area contributed by atoms with Gasteiger partial charge in [0.1, 0.15) is 0 Å². The molecule has 5 nitrogen and oxygen atoms in total. The lowest BCUT2D eigenvalue weighted by atomic mass is 9.57. The molecule has 0 aromatic rings. The molecule has 0 fully saturated rings. The van der Waals surface area contributed by atoms with Gasteiger partial charge < -0.3 is 14.2 Å². The Morgan fingerprint density at radius 3 is 1.43 bits per heavy atom. The second kappa shape index (κ2) is 12.1. The van der Waals surface area contributed by atoms with Gasteiger partial charge in [-0.05, 0) is 30.6 Å². The van der Waals surface area contributed by atoms with Crippen LogP contribution in [0.2, 0.25) is 0 Å². The monoisotopic (exact) mass is 399 g/mol. The molecule has 166 valence electrons. The molecule has 0 bridgehead atoms. The van der Waals surface area contributed by atoms with Crippen LogP contribution in [0.15, 0.2) is 4.99 Å². The van der Waals surface area contributed by atoms with E-state index in [0.29, 0.717) is 0 Å². The maximum atomic E-state index is 11.0.